The monoisotopic (exact) mass is 302 g/mol. The van der Waals surface area contributed by atoms with Crippen molar-refractivity contribution in [2.45, 2.75) is 46.1 Å². The Labute approximate surface area is 130 Å². The first-order chi connectivity index (χ1) is 9.89. The Balaban J connectivity index is 4.39. The molecule has 0 aliphatic rings. The van der Waals surface area contributed by atoms with Gasteiger partial charge in [-0.3, -0.25) is 4.79 Å². The van der Waals surface area contributed by atoms with Crippen molar-refractivity contribution < 1.29 is 14.3 Å². The van der Waals surface area contributed by atoms with Crippen molar-refractivity contribution >= 4 is 5.97 Å². The van der Waals surface area contributed by atoms with E-state index in [9.17, 15) is 4.79 Å². The zero-order chi connectivity index (χ0) is 16.3. The lowest BCUT2D eigenvalue weighted by atomic mass is 9.95. The van der Waals surface area contributed by atoms with Crippen LogP contribution in [0.2, 0.25) is 0 Å². The molecule has 0 heterocycles. The van der Waals surface area contributed by atoms with Crippen LogP contribution in [-0.2, 0) is 14.3 Å². The van der Waals surface area contributed by atoms with Crippen LogP contribution in [0, 0.1) is 5.92 Å². The lowest BCUT2D eigenvalue weighted by molar-refractivity contribution is -0.148. The van der Waals surface area contributed by atoms with Crippen LogP contribution in [0.1, 0.15) is 40.5 Å². The smallest absolute Gasteiger partial charge is 0.325 e. The van der Waals surface area contributed by atoms with Crippen LogP contribution in [0.4, 0.5) is 0 Å². The highest BCUT2D eigenvalue weighted by atomic mass is 16.5. The number of hydrogen-bond acceptors (Lipinski definition) is 5. The fourth-order valence-electron chi connectivity index (χ4n) is 2.57. The minimum atomic E-state index is -0.589. The Kier molecular flexibility index (Phi) is 10.6. The molecule has 0 spiro atoms. The molecule has 5 heteroatoms. The van der Waals surface area contributed by atoms with Crippen LogP contribution < -0.4 is 5.32 Å². The first kappa shape index (κ1) is 20.3. The molecule has 0 aliphatic heterocycles. The predicted molar refractivity (Wildman–Crippen MR) is 86.5 cm³/mol. The summed E-state index contributed by atoms with van der Waals surface area (Å²) in [6.45, 7) is 12.8. The Morgan fingerprint density at radius 2 is 1.95 bits per heavy atom. The maximum Gasteiger partial charge on any atom is 0.325 e. The summed E-state index contributed by atoms with van der Waals surface area (Å²) in [5, 5.41) is 3.25. The number of methoxy groups -OCH3 is 2. The second-order valence-electron chi connectivity index (χ2n) is 6.14. The van der Waals surface area contributed by atoms with Crippen molar-refractivity contribution in [3.05, 3.63) is 0 Å². The van der Waals surface area contributed by atoms with Crippen molar-refractivity contribution in [2.24, 2.45) is 5.92 Å². The van der Waals surface area contributed by atoms with E-state index in [1.165, 1.54) is 7.11 Å². The van der Waals surface area contributed by atoms with Crippen molar-refractivity contribution in [1.82, 2.24) is 10.2 Å². The predicted octanol–water partition coefficient (Wildman–Crippen LogP) is 1.91. The number of nitrogens with one attached hydrogen (secondary N) is 1. The van der Waals surface area contributed by atoms with Crippen LogP contribution in [0.3, 0.4) is 0 Å². The summed E-state index contributed by atoms with van der Waals surface area (Å²) < 4.78 is 10.1. The molecule has 21 heavy (non-hydrogen) atoms. The zero-order valence-electron chi connectivity index (χ0n) is 14.7. The lowest BCUT2D eigenvalue weighted by Crippen LogP contribution is -2.50. The number of hydrogen-bond donors (Lipinski definition) is 1. The van der Waals surface area contributed by atoms with E-state index in [1.807, 2.05) is 13.8 Å². The molecule has 0 radical (unpaired) electrons. The Hall–Kier alpha value is -0.650. The summed E-state index contributed by atoms with van der Waals surface area (Å²) in [4.78, 5) is 14.3. The maximum atomic E-state index is 11.9. The summed E-state index contributed by atoms with van der Waals surface area (Å²) in [5.74, 6) is 0.444. The van der Waals surface area contributed by atoms with Crippen molar-refractivity contribution in [2.75, 3.05) is 47.0 Å². The van der Waals surface area contributed by atoms with Gasteiger partial charge in [-0.2, -0.15) is 0 Å². The molecule has 1 N–H and O–H groups in total. The minimum Gasteiger partial charge on any atom is -0.468 e. The van der Waals surface area contributed by atoms with Gasteiger partial charge in [0.05, 0.1) is 13.7 Å². The average molecular weight is 302 g/mol. The molecule has 1 unspecified atom stereocenters. The summed E-state index contributed by atoms with van der Waals surface area (Å²) in [6.07, 6.45) is 1.73. The Morgan fingerprint density at radius 3 is 2.43 bits per heavy atom. The van der Waals surface area contributed by atoms with Gasteiger partial charge in [0.15, 0.2) is 0 Å². The Bertz CT molecular complexity index is 285. The highest BCUT2D eigenvalue weighted by Gasteiger charge is 2.32. The van der Waals surface area contributed by atoms with Gasteiger partial charge in [-0.25, -0.2) is 0 Å². The van der Waals surface area contributed by atoms with Gasteiger partial charge in [0, 0.05) is 20.2 Å². The molecule has 126 valence electrons. The molecule has 0 bridgehead atoms. The second kappa shape index (κ2) is 11.0. The standard InChI is InChI=1S/C16H34N2O3/c1-7-17-16(4,15(19)21-6)9-8-10-18(11-12-20-5)13-14(2)3/h14,17H,7-13H2,1-6H3. The highest BCUT2D eigenvalue weighted by molar-refractivity contribution is 5.80. The summed E-state index contributed by atoms with van der Waals surface area (Å²) in [5.41, 5.74) is -0.589. The van der Waals surface area contributed by atoms with E-state index in [0.29, 0.717) is 5.92 Å². The SMILES string of the molecule is CCNC(C)(CCCN(CCOC)CC(C)C)C(=O)OC. The van der Waals surface area contributed by atoms with E-state index in [1.54, 1.807) is 7.11 Å². The van der Waals surface area contributed by atoms with Gasteiger partial charge in [0.1, 0.15) is 5.54 Å². The van der Waals surface area contributed by atoms with Crippen molar-refractivity contribution in [3.8, 4) is 0 Å². The normalized spacial score (nSPS) is 14.5. The average Bonchev–Trinajstić information content (AvgIpc) is 2.43. The topological polar surface area (TPSA) is 50.8 Å². The first-order valence-corrected chi connectivity index (χ1v) is 7.94. The third kappa shape index (κ3) is 8.39. The molecule has 0 aromatic carbocycles. The van der Waals surface area contributed by atoms with E-state index in [0.717, 1.165) is 45.6 Å². The second-order valence-corrected chi connectivity index (χ2v) is 6.14. The fraction of sp³-hybridized carbons (Fsp3) is 0.938. The van der Waals surface area contributed by atoms with Crippen LogP contribution in [0.15, 0.2) is 0 Å². The van der Waals surface area contributed by atoms with Gasteiger partial charge < -0.3 is 19.7 Å². The summed E-state index contributed by atoms with van der Waals surface area (Å²) in [7, 11) is 3.18. The van der Waals surface area contributed by atoms with Gasteiger partial charge in [-0.05, 0) is 38.8 Å². The van der Waals surface area contributed by atoms with Crippen molar-refractivity contribution in [1.29, 1.82) is 0 Å². The van der Waals surface area contributed by atoms with Crippen LogP contribution in [0.25, 0.3) is 0 Å². The van der Waals surface area contributed by atoms with E-state index in [2.05, 4.69) is 24.1 Å². The molecule has 0 aromatic heterocycles. The number of esters is 1. The molecule has 0 rings (SSSR count). The largest absolute Gasteiger partial charge is 0.468 e. The lowest BCUT2D eigenvalue weighted by Gasteiger charge is -2.29. The van der Waals surface area contributed by atoms with Gasteiger partial charge in [0.25, 0.3) is 0 Å². The number of likely N-dealkylation sites (N-methyl/N-ethyl adjacent to an activating group) is 1. The van der Waals surface area contributed by atoms with Crippen LogP contribution in [-0.4, -0.2) is 63.4 Å². The number of ether oxygens (including phenoxy) is 2. The number of carbonyl (C=O) groups excluding carboxylic acids is 1. The molecule has 0 fully saturated rings. The van der Waals surface area contributed by atoms with Crippen molar-refractivity contribution in [3.63, 3.8) is 0 Å². The highest BCUT2D eigenvalue weighted by Crippen LogP contribution is 2.15. The molecular weight excluding hydrogens is 268 g/mol. The number of rotatable bonds is 12. The molecule has 5 nitrogen and oxygen atoms in total. The van der Waals surface area contributed by atoms with Crippen LogP contribution in [0.5, 0.6) is 0 Å². The third-order valence-corrected chi connectivity index (χ3v) is 3.59. The molecule has 0 aliphatic carbocycles. The van der Waals surface area contributed by atoms with E-state index in [4.69, 9.17) is 9.47 Å². The molecule has 1 atom stereocenters. The van der Waals surface area contributed by atoms with Crippen LogP contribution >= 0.6 is 0 Å². The molecular formula is C16H34N2O3. The maximum absolute atomic E-state index is 11.9. The minimum absolute atomic E-state index is 0.184. The van der Waals surface area contributed by atoms with Gasteiger partial charge in [-0.15, -0.1) is 0 Å². The quantitative estimate of drug-likeness (QED) is 0.558. The van der Waals surface area contributed by atoms with Gasteiger partial charge >= 0.3 is 5.97 Å². The molecule has 0 aromatic rings. The number of carbonyl (C=O) groups is 1. The fourth-order valence-corrected chi connectivity index (χ4v) is 2.57. The van der Waals surface area contributed by atoms with E-state index < -0.39 is 5.54 Å². The van der Waals surface area contributed by atoms with Gasteiger partial charge in [-0.1, -0.05) is 20.8 Å². The van der Waals surface area contributed by atoms with E-state index >= 15 is 0 Å². The molecule has 0 saturated carbocycles. The third-order valence-electron chi connectivity index (χ3n) is 3.59. The summed E-state index contributed by atoms with van der Waals surface area (Å²) >= 11 is 0. The van der Waals surface area contributed by atoms with E-state index in [-0.39, 0.29) is 5.97 Å². The molecule has 0 amide bonds. The van der Waals surface area contributed by atoms with Gasteiger partial charge in [0.2, 0.25) is 0 Å². The zero-order valence-corrected chi connectivity index (χ0v) is 14.7. The first-order valence-electron chi connectivity index (χ1n) is 7.94. The summed E-state index contributed by atoms with van der Waals surface area (Å²) in [6, 6.07) is 0. The molecule has 0 saturated heterocycles. The Morgan fingerprint density at radius 1 is 1.29 bits per heavy atom. The number of nitrogens with zero attached hydrogens (tertiary/aromatic N) is 1.